The third-order valence-electron chi connectivity index (χ3n) is 15.7. The number of ether oxygens (including phenoxy) is 2. The van der Waals surface area contributed by atoms with Crippen LogP contribution < -0.4 is 19.7 Å². The van der Waals surface area contributed by atoms with Crippen molar-refractivity contribution in [3.63, 3.8) is 0 Å². The number of carboxylic acid groups (broad SMARTS) is 1. The topological polar surface area (TPSA) is 244 Å². The van der Waals surface area contributed by atoms with Crippen molar-refractivity contribution in [2.75, 3.05) is 14.2 Å². The van der Waals surface area contributed by atoms with Crippen LogP contribution in [0, 0.1) is 96.8 Å². The van der Waals surface area contributed by atoms with E-state index in [9.17, 15) is 66.3 Å². The summed E-state index contributed by atoms with van der Waals surface area (Å²) < 4.78 is 187. The maximum atomic E-state index is 13.2. The van der Waals surface area contributed by atoms with Gasteiger partial charge in [-0.1, -0.05) is 133 Å². The number of hydrogen-bond donors (Lipinski definition) is 1. The summed E-state index contributed by atoms with van der Waals surface area (Å²) in [4.78, 5) is 45.1. The minimum atomic E-state index is -4.57. The van der Waals surface area contributed by atoms with E-state index in [1.54, 1.807) is 155 Å². The molecule has 1 N–H and O–H groups in total. The second-order valence-corrected chi connectivity index (χ2v) is 24.4. The number of rotatable bonds is 11. The Bertz CT molecular complexity index is 5750. The summed E-state index contributed by atoms with van der Waals surface area (Å²) in [6.45, 7) is 4.06. The number of benzene rings is 6. The zero-order chi connectivity index (χ0) is 89.0. The molecule has 0 bridgehead atoms. The number of alkyl halides is 6. The Hall–Kier alpha value is -12.6. The molecule has 129 heavy (non-hydrogen) atoms. The fourth-order valence-electron chi connectivity index (χ4n) is 9.97. The zero-order valence-electron chi connectivity index (χ0n) is 66.6. The first-order chi connectivity index (χ1) is 59.6. The number of nitrogens with zero attached hydrogens (tertiary/aromatic N) is 15. The summed E-state index contributed by atoms with van der Waals surface area (Å²) in [5, 5.41) is 24.8. The van der Waals surface area contributed by atoms with E-state index in [4.69, 9.17) is 14.6 Å². The largest absolute Gasteiger partial charge is 0.573 e. The summed E-state index contributed by atoms with van der Waals surface area (Å²) in [6, 6.07) is 75.6. The number of aromatic carboxylic acids is 1. The number of pyridine rings is 8. The van der Waals surface area contributed by atoms with Crippen molar-refractivity contribution in [2.45, 2.75) is 26.2 Å². The van der Waals surface area contributed by atoms with Crippen LogP contribution in [0.5, 0.6) is 11.5 Å². The van der Waals surface area contributed by atoms with Crippen molar-refractivity contribution in [3.8, 4) is 96.4 Å². The molecule has 0 saturated carbocycles. The van der Waals surface area contributed by atoms with Gasteiger partial charge in [-0.25, -0.2) is 9.78 Å². The Morgan fingerprint density at radius 2 is 0.713 bits per heavy atom. The van der Waals surface area contributed by atoms with Crippen LogP contribution in [0.1, 0.15) is 33.1 Å². The molecule has 19 nitrogen and oxygen atoms in total. The van der Waals surface area contributed by atoms with E-state index in [0.29, 0.717) is 22.8 Å². The average Bonchev–Trinajstić information content (AvgIpc) is 1.72. The van der Waals surface area contributed by atoms with Gasteiger partial charge in [-0.15, -0.1) is 107 Å². The normalized spacial score (nSPS) is 10.0. The van der Waals surface area contributed by atoms with Crippen LogP contribution >= 0.6 is 0 Å². The van der Waals surface area contributed by atoms with Crippen molar-refractivity contribution < 1.29 is 181 Å². The number of carboxylic acids is 1. The number of aryl methyl sites for hydroxylation is 2. The average molecular weight is 2660 g/mol. The predicted molar refractivity (Wildman–Crippen MR) is 428 cm³/mol. The molecule has 11 heterocycles. The molecule has 5 radical (unpaired) electrons. The first kappa shape index (κ1) is 109. The number of carbonyl (C=O) groups is 1. The molecule has 0 aliphatic rings. The number of aromatic nitrogens is 15. The van der Waals surface area contributed by atoms with Gasteiger partial charge in [0.1, 0.15) is 17.2 Å². The van der Waals surface area contributed by atoms with Crippen LogP contribution in [0.4, 0.5) is 61.5 Å². The monoisotopic (exact) mass is 2660 g/mol. The molecule has 6 aromatic carbocycles. The van der Waals surface area contributed by atoms with Gasteiger partial charge in [-0.3, -0.25) is 54.9 Å². The van der Waals surface area contributed by atoms with E-state index < -0.39 is 76.4 Å². The fourth-order valence-corrected chi connectivity index (χ4v) is 9.97. The molecule has 0 amide bonds. The van der Waals surface area contributed by atoms with Gasteiger partial charge in [0.2, 0.25) is 0 Å². The summed E-state index contributed by atoms with van der Waals surface area (Å²) in [7, 11) is 3.31. The van der Waals surface area contributed by atoms with Gasteiger partial charge in [0.25, 0.3) is 0 Å². The molecule has 17 aromatic rings. The molecular weight excluding hydrogens is 2590 g/mol. The SMILES string of the molecule is COc1c[c-]c(-c2ccccn2)c(C)c1.COc1c[c-]c(-c2ccccn2)c(C)c1.FC(F)(F)c1cc(-c2ccccn2)[n-]n1.FC(F)(F)c1n[n-]c(-c2ccccn2)n1.Fc1c[c-]c(-c2ccccn2)c(F)c1.Fc1c[c-]c(-c2ccccn2)c(F)c1.Fc1c[c-]c(-c2ccccn2)c(F)c1.Fc1c[c-]c(-n2cccn2)c(F)c1.O=C(O)c1ccccn1.[Ir].[Ir].[Ir].[Ir].[Ir]. The van der Waals surface area contributed by atoms with Crippen molar-refractivity contribution in [3.05, 3.63) is 404 Å². The molecule has 0 atom stereocenters. The molecule has 38 heteroatoms. The molecule has 0 spiro atoms. The van der Waals surface area contributed by atoms with Crippen molar-refractivity contribution in [1.82, 2.24) is 75.0 Å². The quantitative estimate of drug-likeness (QED) is 0.0934. The summed E-state index contributed by atoms with van der Waals surface area (Å²) in [6.07, 6.45) is 6.63. The van der Waals surface area contributed by atoms with Crippen LogP contribution in [-0.2, 0) is 113 Å². The van der Waals surface area contributed by atoms with Gasteiger partial charge in [-0.05, 0) is 119 Å². The van der Waals surface area contributed by atoms with E-state index in [2.05, 4.69) is 107 Å². The second-order valence-electron chi connectivity index (χ2n) is 24.4. The summed E-state index contributed by atoms with van der Waals surface area (Å²) >= 11 is 0. The molecule has 0 fully saturated rings. The van der Waals surface area contributed by atoms with Gasteiger partial charge in [-0.2, -0.15) is 37.5 Å². The van der Waals surface area contributed by atoms with E-state index >= 15 is 0 Å². The predicted octanol–water partition coefficient (Wildman–Crippen LogP) is 20.6. The molecule has 0 aliphatic heterocycles. The molecule has 675 valence electrons. The first-order valence-corrected chi connectivity index (χ1v) is 35.8. The van der Waals surface area contributed by atoms with Crippen molar-refractivity contribution in [1.29, 1.82) is 0 Å². The molecule has 0 unspecified atom stereocenters. The smallest absolute Gasteiger partial charge is 0.431 e. The Morgan fingerprint density at radius 3 is 0.992 bits per heavy atom. The molecule has 17 rings (SSSR count). The van der Waals surface area contributed by atoms with Crippen LogP contribution in [0.15, 0.2) is 292 Å². The minimum Gasteiger partial charge on any atom is -0.573 e. The van der Waals surface area contributed by atoms with Gasteiger partial charge < -0.3 is 59.8 Å². The van der Waals surface area contributed by atoms with Gasteiger partial charge in [0.15, 0.2) is 0 Å². The maximum Gasteiger partial charge on any atom is 0.431 e. The van der Waals surface area contributed by atoms with E-state index in [-0.39, 0.29) is 146 Å². The van der Waals surface area contributed by atoms with Crippen molar-refractivity contribution in [2.24, 2.45) is 0 Å². The fraction of sp³-hybridized carbons (Fsp3) is 0.0659. The van der Waals surface area contributed by atoms with E-state index in [1.165, 1.54) is 41.6 Å². The Balaban J connectivity index is 0.000000303. The van der Waals surface area contributed by atoms with Crippen LogP contribution in [0.2, 0.25) is 0 Å². The van der Waals surface area contributed by atoms with Crippen LogP contribution in [0.3, 0.4) is 0 Å². The Labute approximate surface area is 796 Å². The van der Waals surface area contributed by atoms with Gasteiger partial charge in [0, 0.05) is 226 Å². The van der Waals surface area contributed by atoms with E-state index in [1.807, 2.05) is 74.5 Å². The van der Waals surface area contributed by atoms with Crippen LogP contribution in [0.25, 0.3) is 84.9 Å². The van der Waals surface area contributed by atoms with Crippen molar-refractivity contribution >= 4 is 5.97 Å². The third kappa shape index (κ3) is 34.8. The third-order valence-corrected chi connectivity index (χ3v) is 15.7. The molecule has 0 saturated heterocycles. The maximum absolute atomic E-state index is 13.2. The standard InChI is InChI=1S/2C13H12NO.3C11H6F2N.C9H5F3N3.C9H5F2N2.C8H4F3N4.C6H5NO2.5Ir/c2*1-10-9-11(15-2)6-7-12(10)13-5-3-4-8-14-13;3*12-8-4-5-9(10(13)7-8)11-3-1-2-6-14-11;10-9(11,12)8-5-7(14-15-8)6-3-1-2-4-13-6;10-7-2-3-9(8(11)6-7)13-5-1-4-12-13;9-8(10,11)7-13-6(14-15-7)5-3-1-2-4-12-5;8-6(9)5-3-1-2-4-7-5;;;;;/h2*3-6,8-9H,1-2H3;3*1-4,6-7H;1-5H;1-2,4-6H;1-4H;1-4H,(H,8,9);;;;;/q8*-1;;;;;;. The summed E-state index contributed by atoms with van der Waals surface area (Å²) in [5.74, 6) is -5.89. The molecular formula is C91H61F14Ir5N15O4-8. The zero-order valence-corrected chi connectivity index (χ0v) is 78.5. The Morgan fingerprint density at radius 1 is 0.372 bits per heavy atom. The van der Waals surface area contributed by atoms with Crippen LogP contribution in [-0.4, -0.2) is 90.1 Å². The molecule has 11 aromatic heterocycles. The van der Waals surface area contributed by atoms with Gasteiger partial charge >= 0.3 is 18.3 Å². The Kier molecular flexibility index (Phi) is 46.6. The van der Waals surface area contributed by atoms with Gasteiger partial charge in [0.05, 0.1) is 19.9 Å². The van der Waals surface area contributed by atoms with E-state index in [0.717, 1.165) is 99.7 Å². The minimum absolute atomic E-state index is 0. The number of hydrogen-bond acceptors (Lipinski definition) is 15. The number of methoxy groups -OCH3 is 2. The molecule has 0 aliphatic carbocycles. The summed E-state index contributed by atoms with van der Waals surface area (Å²) in [5.41, 5.74) is 8.05. The second kappa shape index (κ2) is 55.2. The first-order valence-electron chi connectivity index (χ1n) is 35.8. The number of halogens is 14.